The Bertz CT molecular complexity index is 347. The monoisotopic (exact) mass is 229 g/mol. The molecule has 0 aromatic carbocycles. The second-order valence-electron chi connectivity index (χ2n) is 3.10. The fourth-order valence-electron chi connectivity index (χ4n) is 1.15. The number of anilines is 1. The quantitative estimate of drug-likeness (QED) is 0.795. The molecule has 15 heavy (non-hydrogen) atoms. The van der Waals surface area contributed by atoms with Crippen LogP contribution in [0.15, 0.2) is 0 Å². The Morgan fingerprint density at radius 3 is 2.73 bits per heavy atom. The van der Waals surface area contributed by atoms with Gasteiger partial charge in [0.05, 0.1) is 10.7 Å². The second kappa shape index (κ2) is 5.20. The number of ether oxygens (including phenoxy) is 1. The predicted molar refractivity (Wildman–Crippen MR) is 60.1 cm³/mol. The standard InChI is InChI=1S/C9H15N3O2S/c1-5-9(15-6(2)11-5)12-8(13)7(4-10)14-3/h7H,4,10H2,1-3H3,(H,12,13). The summed E-state index contributed by atoms with van der Waals surface area (Å²) < 4.78 is 4.93. The first-order valence-corrected chi connectivity index (χ1v) is 5.38. The molecule has 6 heteroatoms. The van der Waals surface area contributed by atoms with E-state index in [2.05, 4.69) is 10.3 Å². The number of amides is 1. The third-order valence-corrected chi connectivity index (χ3v) is 2.92. The zero-order valence-corrected chi connectivity index (χ0v) is 9.85. The van der Waals surface area contributed by atoms with E-state index in [4.69, 9.17) is 10.5 Å². The lowest BCUT2D eigenvalue weighted by Gasteiger charge is -2.11. The van der Waals surface area contributed by atoms with Crippen molar-refractivity contribution < 1.29 is 9.53 Å². The summed E-state index contributed by atoms with van der Waals surface area (Å²) >= 11 is 1.44. The average molecular weight is 229 g/mol. The van der Waals surface area contributed by atoms with Crippen molar-refractivity contribution in [1.29, 1.82) is 0 Å². The summed E-state index contributed by atoms with van der Waals surface area (Å²) in [4.78, 5) is 15.8. The van der Waals surface area contributed by atoms with Crippen LogP contribution in [-0.2, 0) is 9.53 Å². The van der Waals surface area contributed by atoms with Crippen LogP contribution >= 0.6 is 11.3 Å². The smallest absolute Gasteiger partial charge is 0.255 e. The lowest BCUT2D eigenvalue weighted by Crippen LogP contribution is -2.35. The highest BCUT2D eigenvalue weighted by Gasteiger charge is 2.17. The van der Waals surface area contributed by atoms with Gasteiger partial charge in [0, 0.05) is 13.7 Å². The number of carbonyl (C=O) groups is 1. The summed E-state index contributed by atoms with van der Waals surface area (Å²) in [7, 11) is 1.46. The largest absolute Gasteiger partial charge is 0.370 e. The first-order valence-electron chi connectivity index (χ1n) is 4.56. The molecule has 0 saturated heterocycles. The van der Waals surface area contributed by atoms with Crippen molar-refractivity contribution in [2.24, 2.45) is 5.73 Å². The number of hydrogen-bond acceptors (Lipinski definition) is 5. The molecule has 1 heterocycles. The number of methoxy groups -OCH3 is 1. The SMILES string of the molecule is COC(CN)C(=O)Nc1sc(C)nc1C. The Kier molecular flexibility index (Phi) is 4.19. The Morgan fingerprint density at radius 2 is 2.33 bits per heavy atom. The number of aromatic nitrogens is 1. The minimum absolute atomic E-state index is 0.166. The van der Waals surface area contributed by atoms with Crippen LogP contribution in [0.4, 0.5) is 5.00 Å². The fraction of sp³-hybridized carbons (Fsp3) is 0.556. The maximum atomic E-state index is 11.6. The molecule has 3 N–H and O–H groups in total. The maximum absolute atomic E-state index is 11.6. The predicted octanol–water partition coefficient (Wildman–Crippen LogP) is 0.672. The lowest BCUT2D eigenvalue weighted by molar-refractivity contribution is -0.125. The van der Waals surface area contributed by atoms with Gasteiger partial charge in [0.2, 0.25) is 0 Å². The van der Waals surface area contributed by atoms with Crippen LogP contribution in [0.1, 0.15) is 10.7 Å². The molecule has 1 rings (SSSR count). The Balaban J connectivity index is 2.69. The van der Waals surface area contributed by atoms with Crippen LogP contribution in [0, 0.1) is 13.8 Å². The Hall–Kier alpha value is -0.980. The minimum Gasteiger partial charge on any atom is -0.370 e. The number of nitrogens with one attached hydrogen (secondary N) is 1. The number of carbonyl (C=O) groups excluding carboxylic acids is 1. The molecule has 0 spiro atoms. The highest BCUT2D eigenvalue weighted by atomic mass is 32.1. The molecule has 0 bridgehead atoms. The van der Waals surface area contributed by atoms with E-state index < -0.39 is 6.10 Å². The summed E-state index contributed by atoms with van der Waals surface area (Å²) in [5.74, 6) is -0.230. The Labute approximate surface area is 92.6 Å². The van der Waals surface area contributed by atoms with Gasteiger partial charge >= 0.3 is 0 Å². The number of nitrogens with two attached hydrogens (primary N) is 1. The molecule has 1 amide bonds. The summed E-state index contributed by atoms with van der Waals surface area (Å²) in [5.41, 5.74) is 6.20. The van der Waals surface area contributed by atoms with E-state index >= 15 is 0 Å². The van der Waals surface area contributed by atoms with Crippen LogP contribution in [0.3, 0.4) is 0 Å². The van der Waals surface area contributed by atoms with Crippen molar-refractivity contribution in [2.45, 2.75) is 20.0 Å². The van der Waals surface area contributed by atoms with Gasteiger partial charge in [0.1, 0.15) is 11.1 Å². The van der Waals surface area contributed by atoms with Gasteiger partial charge in [-0.15, -0.1) is 11.3 Å². The lowest BCUT2D eigenvalue weighted by atomic mass is 10.3. The van der Waals surface area contributed by atoms with E-state index in [0.717, 1.165) is 15.7 Å². The molecule has 84 valence electrons. The number of hydrogen-bond donors (Lipinski definition) is 2. The summed E-state index contributed by atoms with van der Waals surface area (Å²) in [6.07, 6.45) is -0.605. The van der Waals surface area contributed by atoms with Crippen molar-refractivity contribution in [3.63, 3.8) is 0 Å². The molecule has 0 aliphatic heterocycles. The van der Waals surface area contributed by atoms with Crippen LogP contribution in [-0.4, -0.2) is 30.6 Å². The van der Waals surface area contributed by atoms with Gasteiger partial charge < -0.3 is 15.8 Å². The van der Waals surface area contributed by atoms with Crippen molar-refractivity contribution in [3.8, 4) is 0 Å². The van der Waals surface area contributed by atoms with E-state index in [0.29, 0.717) is 0 Å². The van der Waals surface area contributed by atoms with Crippen LogP contribution in [0.25, 0.3) is 0 Å². The molecule has 0 fully saturated rings. The summed E-state index contributed by atoms with van der Waals surface area (Å²) in [6.45, 7) is 3.91. The number of nitrogens with zero attached hydrogens (tertiary/aromatic N) is 1. The molecule has 1 atom stereocenters. The van der Waals surface area contributed by atoms with Crippen molar-refractivity contribution in [2.75, 3.05) is 19.0 Å². The molecule has 0 aliphatic carbocycles. The van der Waals surface area contributed by atoms with E-state index in [1.54, 1.807) is 0 Å². The zero-order valence-electron chi connectivity index (χ0n) is 9.03. The van der Waals surface area contributed by atoms with E-state index in [9.17, 15) is 4.79 Å². The molecule has 1 aromatic rings. The van der Waals surface area contributed by atoms with Gasteiger partial charge in [-0.1, -0.05) is 0 Å². The third kappa shape index (κ3) is 2.98. The molecule has 1 aromatic heterocycles. The molecular weight excluding hydrogens is 214 g/mol. The normalized spacial score (nSPS) is 12.5. The second-order valence-corrected chi connectivity index (χ2v) is 4.30. The van der Waals surface area contributed by atoms with Crippen molar-refractivity contribution >= 4 is 22.2 Å². The van der Waals surface area contributed by atoms with Crippen molar-refractivity contribution in [3.05, 3.63) is 10.7 Å². The topological polar surface area (TPSA) is 77.2 Å². The summed E-state index contributed by atoms with van der Waals surface area (Å²) in [6, 6.07) is 0. The molecular formula is C9H15N3O2S. The molecule has 0 saturated carbocycles. The number of thiazole rings is 1. The minimum atomic E-state index is -0.605. The van der Waals surface area contributed by atoms with Crippen LogP contribution in [0.5, 0.6) is 0 Å². The zero-order chi connectivity index (χ0) is 11.4. The summed E-state index contributed by atoms with van der Waals surface area (Å²) in [5, 5.41) is 4.42. The van der Waals surface area contributed by atoms with E-state index in [1.807, 2.05) is 13.8 Å². The number of rotatable bonds is 4. The highest BCUT2D eigenvalue weighted by Crippen LogP contribution is 2.23. The van der Waals surface area contributed by atoms with Crippen molar-refractivity contribution in [1.82, 2.24) is 4.98 Å². The average Bonchev–Trinajstić information content (AvgIpc) is 2.47. The fourth-order valence-corrected chi connectivity index (χ4v) is 1.97. The molecule has 5 nitrogen and oxygen atoms in total. The highest BCUT2D eigenvalue weighted by molar-refractivity contribution is 7.16. The number of aryl methyl sites for hydroxylation is 2. The molecule has 0 radical (unpaired) electrons. The first-order chi connectivity index (χ1) is 7.08. The van der Waals surface area contributed by atoms with Gasteiger partial charge in [-0.2, -0.15) is 0 Å². The van der Waals surface area contributed by atoms with Crippen LogP contribution < -0.4 is 11.1 Å². The molecule has 1 unspecified atom stereocenters. The van der Waals surface area contributed by atoms with Gasteiger partial charge in [0.25, 0.3) is 5.91 Å². The van der Waals surface area contributed by atoms with Gasteiger partial charge in [-0.3, -0.25) is 4.79 Å². The molecule has 0 aliphatic rings. The van der Waals surface area contributed by atoms with E-state index in [-0.39, 0.29) is 12.5 Å². The third-order valence-electron chi connectivity index (χ3n) is 1.93. The Morgan fingerprint density at radius 1 is 1.67 bits per heavy atom. The first kappa shape index (κ1) is 12.1. The van der Waals surface area contributed by atoms with Gasteiger partial charge in [-0.25, -0.2) is 4.98 Å². The van der Waals surface area contributed by atoms with E-state index in [1.165, 1.54) is 18.4 Å². The van der Waals surface area contributed by atoms with Gasteiger partial charge in [-0.05, 0) is 13.8 Å². The van der Waals surface area contributed by atoms with Crippen LogP contribution in [0.2, 0.25) is 0 Å². The van der Waals surface area contributed by atoms with Gasteiger partial charge in [0.15, 0.2) is 0 Å². The maximum Gasteiger partial charge on any atom is 0.255 e.